The van der Waals surface area contributed by atoms with E-state index in [4.69, 9.17) is 5.11 Å². The number of aliphatic hydroxyl groups is 1. The number of hydrogen-bond acceptors (Lipinski definition) is 2. The van der Waals surface area contributed by atoms with Gasteiger partial charge in [-0.1, -0.05) is 0 Å². The van der Waals surface area contributed by atoms with Crippen LogP contribution in [0.1, 0.15) is 19.3 Å². The molecule has 1 heterocycles. The zero-order valence-corrected chi connectivity index (χ0v) is 5.77. The van der Waals surface area contributed by atoms with Crippen LogP contribution < -0.4 is 5.32 Å². The van der Waals surface area contributed by atoms with Crippen LogP contribution >= 0.6 is 0 Å². The summed E-state index contributed by atoms with van der Waals surface area (Å²) in [7, 11) is 0. The Hall–Kier alpha value is -0.0800. The fourth-order valence-electron chi connectivity index (χ4n) is 1.34. The Morgan fingerprint density at radius 3 is 3.00 bits per heavy atom. The highest BCUT2D eigenvalue weighted by molar-refractivity contribution is 4.70. The van der Waals surface area contributed by atoms with E-state index in [1.807, 2.05) is 0 Å². The SMILES string of the molecule is OCCCC1CCNC1. The summed E-state index contributed by atoms with van der Waals surface area (Å²) < 4.78 is 0. The summed E-state index contributed by atoms with van der Waals surface area (Å²) in [6.45, 7) is 2.70. The molecule has 1 rings (SSSR count). The normalized spacial score (nSPS) is 27.0. The van der Waals surface area contributed by atoms with Crippen molar-refractivity contribution in [3.63, 3.8) is 0 Å². The van der Waals surface area contributed by atoms with E-state index < -0.39 is 0 Å². The Balaban J connectivity index is 1.98. The van der Waals surface area contributed by atoms with Crippen LogP contribution in [0.3, 0.4) is 0 Å². The molecule has 0 spiro atoms. The van der Waals surface area contributed by atoms with Crippen molar-refractivity contribution in [2.75, 3.05) is 19.7 Å². The van der Waals surface area contributed by atoms with Gasteiger partial charge in [0.1, 0.15) is 0 Å². The Kier molecular flexibility index (Phi) is 3.01. The summed E-state index contributed by atoms with van der Waals surface area (Å²) in [4.78, 5) is 0. The van der Waals surface area contributed by atoms with Gasteiger partial charge in [-0.2, -0.15) is 0 Å². The van der Waals surface area contributed by atoms with Crippen LogP contribution in [0.25, 0.3) is 0 Å². The second kappa shape index (κ2) is 3.85. The minimum atomic E-state index is 0.358. The fourth-order valence-corrected chi connectivity index (χ4v) is 1.34. The van der Waals surface area contributed by atoms with Gasteiger partial charge in [-0.25, -0.2) is 0 Å². The molecule has 1 atom stereocenters. The third-order valence-electron chi connectivity index (χ3n) is 1.93. The Morgan fingerprint density at radius 2 is 2.44 bits per heavy atom. The molecule has 2 N–H and O–H groups in total. The number of hydrogen-bond donors (Lipinski definition) is 2. The quantitative estimate of drug-likeness (QED) is 0.577. The van der Waals surface area contributed by atoms with Crippen LogP contribution in [0.4, 0.5) is 0 Å². The Labute approximate surface area is 56.3 Å². The second-order valence-corrected chi connectivity index (χ2v) is 2.72. The molecule has 1 aliphatic rings. The van der Waals surface area contributed by atoms with Crippen LogP contribution in [0.15, 0.2) is 0 Å². The first-order chi connectivity index (χ1) is 4.43. The summed E-state index contributed by atoms with van der Waals surface area (Å²) >= 11 is 0. The number of aliphatic hydroxyl groups excluding tert-OH is 1. The van der Waals surface area contributed by atoms with Crippen molar-refractivity contribution in [1.29, 1.82) is 0 Å². The fraction of sp³-hybridized carbons (Fsp3) is 1.00. The van der Waals surface area contributed by atoms with E-state index in [0.717, 1.165) is 12.3 Å². The summed E-state index contributed by atoms with van der Waals surface area (Å²) in [5, 5.41) is 11.8. The molecule has 1 unspecified atom stereocenters. The van der Waals surface area contributed by atoms with Crippen molar-refractivity contribution < 1.29 is 5.11 Å². The summed E-state index contributed by atoms with van der Waals surface area (Å²) in [5.41, 5.74) is 0. The monoisotopic (exact) mass is 129 g/mol. The van der Waals surface area contributed by atoms with Gasteiger partial charge >= 0.3 is 0 Å². The minimum Gasteiger partial charge on any atom is -0.396 e. The van der Waals surface area contributed by atoms with Gasteiger partial charge in [0.25, 0.3) is 0 Å². The van der Waals surface area contributed by atoms with Gasteiger partial charge in [-0.05, 0) is 38.3 Å². The molecule has 1 saturated heterocycles. The molecule has 0 bridgehead atoms. The summed E-state index contributed by atoms with van der Waals surface area (Å²) in [6, 6.07) is 0. The first-order valence-electron chi connectivity index (χ1n) is 3.75. The first kappa shape index (κ1) is 7.03. The lowest BCUT2D eigenvalue weighted by atomic mass is 10.0. The smallest absolute Gasteiger partial charge is 0.0431 e. The van der Waals surface area contributed by atoms with Gasteiger partial charge in [-0.15, -0.1) is 0 Å². The van der Waals surface area contributed by atoms with Crippen molar-refractivity contribution in [2.45, 2.75) is 19.3 Å². The third kappa shape index (κ3) is 2.33. The average Bonchev–Trinajstić information content (AvgIpc) is 2.34. The highest BCUT2D eigenvalue weighted by atomic mass is 16.2. The van der Waals surface area contributed by atoms with Gasteiger partial charge in [0.15, 0.2) is 0 Å². The molecular formula is C7H15NO. The van der Waals surface area contributed by atoms with Crippen LogP contribution in [0.2, 0.25) is 0 Å². The summed E-state index contributed by atoms with van der Waals surface area (Å²) in [6.07, 6.45) is 3.48. The second-order valence-electron chi connectivity index (χ2n) is 2.72. The van der Waals surface area contributed by atoms with E-state index in [1.54, 1.807) is 0 Å². The molecule has 0 aromatic rings. The molecule has 2 heteroatoms. The molecule has 9 heavy (non-hydrogen) atoms. The Bertz CT molecular complexity index is 69.3. The van der Waals surface area contributed by atoms with Gasteiger partial charge < -0.3 is 10.4 Å². The van der Waals surface area contributed by atoms with E-state index in [9.17, 15) is 0 Å². The van der Waals surface area contributed by atoms with Crippen molar-refractivity contribution in [3.05, 3.63) is 0 Å². The van der Waals surface area contributed by atoms with Crippen molar-refractivity contribution >= 4 is 0 Å². The zero-order chi connectivity index (χ0) is 6.53. The van der Waals surface area contributed by atoms with Crippen LogP contribution in [0.5, 0.6) is 0 Å². The lowest BCUT2D eigenvalue weighted by Gasteiger charge is -2.04. The zero-order valence-electron chi connectivity index (χ0n) is 5.77. The summed E-state index contributed by atoms with van der Waals surface area (Å²) in [5.74, 6) is 0.845. The molecule has 0 aromatic carbocycles. The molecule has 0 saturated carbocycles. The molecule has 1 fully saturated rings. The van der Waals surface area contributed by atoms with E-state index in [-0.39, 0.29) is 0 Å². The molecule has 2 nitrogen and oxygen atoms in total. The lowest BCUT2D eigenvalue weighted by Crippen LogP contribution is -2.09. The standard InChI is InChI=1S/C7H15NO/c9-5-1-2-7-3-4-8-6-7/h7-9H,1-6H2. The van der Waals surface area contributed by atoms with Crippen molar-refractivity contribution in [3.8, 4) is 0 Å². The van der Waals surface area contributed by atoms with E-state index in [0.29, 0.717) is 6.61 Å². The highest BCUT2D eigenvalue weighted by Gasteiger charge is 2.12. The van der Waals surface area contributed by atoms with Gasteiger partial charge in [0.05, 0.1) is 0 Å². The van der Waals surface area contributed by atoms with Crippen molar-refractivity contribution in [1.82, 2.24) is 5.32 Å². The molecular weight excluding hydrogens is 114 g/mol. The number of nitrogens with one attached hydrogen (secondary N) is 1. The van der Waals surface area contributed by atoms with E-state index in [1.165, 1.54) is 25.9 Å². The number of rotatable bonds is 3. The average molecular weight is 129 g/mol. The largest absolute Gasteiger partial charge is 0.396 e. The topological polar surface area (TPSA) is 32.3 Å². The molecule has 0 amide bonds. The minimum absolute atomic E-state index is 0.358. The maximum atomic E-state index is 8.51. The molecule has 54 valence electrons. The van der Waals surface area contributed by atoms with Crippen LogP contribution in [0, 0.1) is 5.92 Å². The maximum absolute atomic E-state index is 8.51. The lowest BCUT2D eigenvalue weighted by molar-refractivity contribution is 0.273. The van der Waals surface area contributed by atoms with Gasteiger partial charge in [0, 0.05) is 6.61 Å². The van der Waals surface area contributed by atoms with E-state index >= 15 is 0 Å². The maximum Gasteiger partial charge on any atom is 0.0431 e. The third-order valence-corrected chi connectivity index (χ3v) is 1.93. The highest BCUT2D eigenvalue weighted by Crippen LogP contribution is 2.13. The Morgan fingerprint density at radius 1 is 1.56 bits per heavy atom. The molecule has 1 aliphatic heterocycles. The molecule has 0 radical (unpaired) electrons. The van der Waals surface area contributed by atoms with Crippen LogP contribution in [-0.2, 0) is 0 Å². The van der Waals surface area contributed by atoms with E-state index in [2.05, 4.69) is 5.32 Å². The first-order valence-corrected chi connectivity index (χ1v) is 3.75. The predicted octanol–water partition coefficient (Wildman–Crippen LogP) is 0.368. The van der Waals surface area contributed by atoms with Gasteiger partial charge in [-0.3, -0.25) is 0 Å². The van der Waals surface area contributed by atoms with Crippen LogP contribution in [-0.4, -0.2) is 24.8 Å². The molecule has 0 aliphatic carbocycles. The van der Waals surface area contributed by atoms with Gasteiger partial charge in [0.2, 0.25) is 0 Å². The predicted molar refractivity (Wildman–Crippen MR) is 37.3 cm³/mol. The molecule has 0 aromatic heterocycles. The van der Waals surface area contributed by atoms with Crippen molar-refractivity contribution in [2.24, 2.45) is 5.92 Å².